The Kier molecular flexibility index (Phi) is 6.60. The van der Waals surface area contributed by atoms with Gasteiger partial charge in [-0.05, 0) is 61.1 Å². The zero-order valence-electron chi connectivity index (χ0n) is 15.8. The molecule has 0 spiro atoms. The summed E-state index contributed by atoms with van der Waals surface area (Å²) in [6.45, 7) is 3.60. The van der Waals surface area contributed by atoms with Gasteiger partial charge in [0.2, 0.25) is 5.13 Å². The summed E-state index contributed by atoms with van der Waals surface area (Å²) in [5.74, 6) is 0.866. The first-order valence-corrected chi connectivity index (χ1v) is 10.0. The molecule has 1 N–H and O–H groups in total. The maximum absolute atomic E-state index is 5.48. The molecule has 3 aromatic rings. The van der Waals surface area contributed by atoms with Gasteiger partial charge in [-0.1, -0.05) is 42.5 Å². The van der Waals surface area contributed by atoms with Crippen molar-refractivity contribution in [1.82, 2.24) is 14.7 Å². The molecule has 142 valence electrons. The Balaban J connectivity index is 1.62. The number of aromatic nitrogens is 2. The van der Waals surface area contributed by atoms with Crippen LogP contribution in [0.4, 0.5) is 10.8 Å². The van der Waals surface area contributed by atoms with Crippen LogP contribution in [-0.4, -0.2) is 28.8 Å². The van der Waals surface area contributed by atoms with Crippen LogP contribution < -0.4 is 10.1 Å². The topological polar surface area (TPSA) is 42.3 Å². The van der Waals surface area contributed by atoms with Crippen molar-refractivity contribution in [2.75, 3.05) is 19.5 Å². The predicted molar refractivity (Wildman–Crippen MR) is 115 cm³/mol. The van der Waals surface area contributed by atoms with Crippen LogP contribution in [0.3, 0.4) is 0 Å². The summed E-state index contributed by atoms with van der Waals surface area (Å²) in [6, 6.07) is 16.5. The molecule has 0 atom stereocenters. The number of hydrogen-bond acceptors (Lipinski definition) is 6. The summed E-state index contributed by atoms with van der Waals surface area (Å²) in [4.78, 5) is 2.18. The van der Waals surface area contributed by atoms with Crippen molar-refractivity contribution in [2.24, 2.45) is 0 Å². The maximum atomic E-state index is 5.48. The molecule has 0 saturated carbocycles. The average Bonchev–Trinajstić information content (AvgIpc) is 3.01. The van der Waals surface area contributed by atoms with Gasteiger partial charge in [0.25, 0.3) is 0 Å². The number of rotatable bonds is 8. The van der Waals surface area contributed by atoms with Gasteiger partial charge in [-0.3, -0.25) is 4.90 Å². The largest absolute Gasteiger partial charge is 0.497 e. The second-order valence-corrected chi connectivity index (χ2v) is 7.97. The maximum Gasteiger partial charge on any atom is 0.209 e. The molecule has 0 aliphatic carbocycles. The van der Waals surface area contributed by atoms with E-state index in [1.165, 1.54) is 22.5 Å². The number of benzene rings is 2. The molecular weight excluding hydrogens is 376 g/mol. The van der Waals surface area contributed by atoms with E-state index < -0.39 is 0 Å². The number of nitrogens with zero attached hydrogens (tertiary/aromatic N) is 3. The quantitative estimate of drug-likeness (QED) is 0.534. The van der Waals surface area contributed by atoms with Crippen molar-refractivity contribution in [2.45, 2.75) is 26.6 Å². The molecule has 1 heterocycles. The molecule has 0 fully saturated rings. The second kappa shape index (κ2) is 9.12. The average molecular weight is 401 g/mol. The highest BCUT2D eigenvalue weighted by atomic mass is 32.1. The first-order chi connectivity index (χ1) is 13.1. The van der Waals surface area contributed by atoms with Crippen LogP contribution >= 0.6 is 23.6 Å². The van der Waals surface area contributed by atoms with Gasteiger partial charge in [0, 0.05) is 12.2 Å². The number of aryl methyl sites for hydroxylation is 1. The van der Waals surface area contributed by atoms with Crippen LogP contribution in [-0.2, 0) is 19.6 Å². The minimum Gasteiger partial charge on any atom is -0.497 e. The highest BCUT2D eigenvalue weighted by Gasteiger charge is 2.08. The Labute approximate surface area is 169 Å². The zero-order chi connectivity index (χ0) is 19.2. The Morgan fingerprint density at radius 1 is 1.11 bits per heavy atom. The first kappa shape index (κ1) is 19.5. The normalized spacial score (nSPS) is 11.0. The first-order valence-electron chi connectivity index (χ1n) is 8.82. The zero-order valence-corrected chi connectivity index (χ0v) is 17.4. The summed E-state index contributed by atoms with van der Waals surface area (Å²) in [5.41, 5.74) is 3.56. The van der Waals surface area contributed by atoms with Gasteiger partial charge in [0.05, 0.1) is 13.8 Å². The molecule has 1 aromatic heterocycles. The summed E-state index contributed by atoms with van der Waals surface area (Å²) < 4.78 is 7.81. The Morgan fingerprint density at radius 3 is 2.41 bits per heavy atom. The van der Waals surface area contributed by atoms with Crippen molar-refractivity contribution in [3.63, 3.8) is 0 Å². The van der Waals surface area contributed by atoms with E-state index in [4.69, 9.17) is 17.0 Å². The van der Waals surface area contributed by atoms with Crippen molar-refractivity contribution >= 4 is 34.4 Å². The molecule has 0 amide bonds. The van der Waals surface area contributed by atoms with Crippen LogP contribution in [0.25, 0.3) is 0 Å². The third-order valence-electron chi connectivity index (χ3n) is 4.21. The summed E-state index contributed by atoms with van der Waals surface area (Å²) in [5, 5.41) is 8.76. The Morgan fingerprint density at radius 2 is 1.78 bits per heavy atom. The van der Waals surface area contributed by atoms with Crippen molar-refractivity contribution in [3.8, 4) is 5.75 Å². The molecule has 3 rings (SSSR count). The van der Waals surface area contributed by atoms with Crippen LogP contribution in [0.1, 0.15) is 18.1 Å². The highest BCUT2D eigenvalue weighted by molar-refractivity contribution is 7.73. The summed E-state index contributed by atoms with van der Waals surface area (Å²) >= 11 is 6.96. The molecule has 7 heteroatoms. The lowest BCUT2D eigenvalue weighted by molar-refractivity contribution is 0.245. The molecule has 0 aliphatic rings. The van der Waals surface area contributed by atoms with E-state index in [2.05, 4.69) is 65.7 Å². The SMILES string of the molecule is CCc1ccc(Nc2nn(CN(C)Cc3ccc(OC)cc3)c(=S)s2)cc1. The van der Waals surface area contributed by atoms with Crippen molar-refractivity contribution in [3.05, 3.63) is 63.6 Å². The third kappa shape index (κ3) is 5.38. The monoisotopic (exact) mass is 400 g/mol. The van der Waals surface area contributed by atoms with Crippen LogP contribution in [0, 0.1) is 3.95 Å². The number of nitrogens with one attached hydrogen (secondary N) is 1. The van der Waals surface area contributed by atoms with E-state index in [-0.39, 0.29) is 0 Å². The van der Waals surface area contributed by atoms with Crippen LogP contribution in [0.5, 0.6) is 5.75 Å². The lowest BCUT2D eigenvalue weighted by Crippen LogP contribution is -2.22. The van der Waals surface area contributed by atoms with Gasteiger partial charge in [0.1, 0.15) is 5.75 Å². The number of methoxy groups -OCH3 is 1. The van der Waals surface area contributed by atoms with Crippen molar-refractivity contribution < 1.29 is 4.74 Å². The number of ether oxygens (including phenoxy) is 1. The van der Waals surface area contributed by atoms with Gasteiger partial charge < -0.3 is 10.1 Å². The van der Waals surface area contributed by atoms with Gasteiger partial charge in [-0.2, -0.15) is 0 Å². The van der Waals surface area contributed by atoms with Gasteiger partial charge in [-0.15, -0.1) is 5.10 Å². The molecule has 0 bridgehead atoms. The predicted octanol–water partition coefficient (Wildman–Crippen LogP) is 5.08. The van der Waals surface area contributed by atoms with Gasteiger partial charge >= 0.3 is 0 Å². The van der Waals surface area contributed by atoms with E-state index in [9.17, 15) is 0 Å². The van der Waals surface area contributed by atoms with Gasteiger partial charge in [-0.25, -0.2) is 4.68 Å². The minimum atomic E-state index is 0.637. The number of hydrogen-bond donors (Lipinski definition) is 1. The Hall–Kier alpha value is -2.22. The van der Waals surface area contributed by atoms with E-state index in [0.717, 1.165) is 33.5 Å². The third-order valence-corrected chi connectivity index (χ3v) is 5.43. The molecule has 2 aromatic carbocycles. The molecular formula is C20H24N4OS2. The van der Waals surface area contributed by atoms with Crippen molar-refractivity contribution in [1.29, 1.82) is 0 Å². The fourth-order valence-electron chi connectivity index (χ4n) is 2.71. The summed E-state index contributed by atoms with van der Waals surface area (Å²) in [6.07, 6.45) is 1.04. The minimum absolute atomic E-state index is 0.637. The fourth-order valence-corrected chi connectivity index (χ4v) is 3.73. The Bertz CT molecular complexity index is 916. The molecule has 27 heavy (non-hydrogen) atoms. The molecule has 5 nitrogen and oxygen atoms in total. The molecule has 0 saturated heterocycles. The highest BCUT2D eigenvalue weighted by Crippen LogP contribution is 2.21. The standard InChI is InChI=1S/C20H24N4OS2/c1-4-15-5-9-17(10-6-15)21-19-22-24(20(26)27-19)14-23(2)13-16-7-11-18(25-3)12-8-16/h5-12H,4,13-14H2,1-3H3,(H,21,22). The molecule has 0 radical (unpaired) electrons. The lowest BCUT2D eigenvalue weighted by atomic mass is 10.1. The molecule has 0 unspecified atom stereocenters. The van der Waals surface area contributed by atoms with E-state index in [1.54, 1.807) is 7.11 Å². The van der Waals surface area contributed by atoms with Crippen LogP contribution in [0.15, 0.2) is 48.5 Å². The summed E-state index contributed by atoms with van der Waals surface area (Å²) in [7, 11) is 3.73. The smallest absolute Gasteiger partial charge is 0.209 e. The van der Waals surface area contributed by atoms with Crippen LogP contribution in [0.2, 0.25) is 0 Å². The van der Waals surface area contributed by atoms with E-state index in [1.807, 2.05) is 16.8 Å². The van der Waals surface area contributed by atoms with E-state index in [0.29, 0.717) is 6.67 Å². The molecule has 0 aliphatic heterocycles. The van der Waals surface area contributed by atoms with E-state index >= 15 is 0 Å². The lowest BCUT2D eigenvalue weighted by Gasteiger charge is -2.16. The fraction of sp³-hybridized carbons (Fsp3) is 0.300. The van der Waals surface area contributed by atoms with Gasteiger partial charge in [0.15, 0.2) is 3.95 Å². The number of anilines is 2. The second-order valence-electron chi connectivity index (χ2n) is 6.35.